The van der Waals surface area contributed by atoms with Crippen LogP contribution in [0.25, 0.3) is 0 Å². The first-order valence-corrected chi connectivity index (χ1v) is 5.24. The minimum atomic E-state index is -1.32. The topological polar surface area (TPSA) is 29.3 Å². The molecular formula is C12H11F3N2O. The third-order valence-electron chi connectivity index (χ3n) is 2.60. The molecule has 2 aromatic rings. The molecule has 0 saturated carbocycles. The SMILES string of the molecule is Cc1occc1CN(C)c1nc(F)c(F)cc1F. The molecule has 0 atom stereocenters. The van der Waals surface area contributed by atoms with Crippen molar-refractivity contribution >= 4 is 5.82 Å². The Bertz CT molecular complexity index is 568. The van der Waals surface area contributed by atoms with E-state index in [1.165, 1.54) is 18.2 Å². The smallest absolute Gasteiger partial charge is 0.251 e. The summed E-state index contributed by atoms with van der Waals surface area (Å²) in [6.07, 6.45) is 1.51. The van der Waals surface area contributed by atoms with Crippen molar-refractivity contribution in [3.05, 3.63) is 47.3 Å². The van der Waals surface area contributed by atoms with Gasteiger partial charge in [-0.2, -0.15) is 9.37 Å². The highest BCUT2D eigenvalue weighted by Crippen LogP contribution is 2.20. The minimum absolute atomic E-state index is 0.241. The third kappa shape index (κ3) is 2.32. The highest BCUT2D eigenvalue weighted by Gasteiger charge is 2.16. The summed E-state index contributed by atoms with van der Waals surface area (Å²) in [5.41, 5.74) is 0.823. The van der Waals surface area contributed by atoms with Gasteiger partial charge >= 0.3 is 0 Å². The number of halogens is 3. The van der Waals surface area contributed by atoms with Crippen LogP contribution in [0.4, 0.5) is 19.0 Å². The number of pyridine rings is 1. The molecule has 2 aromatic heterocycles. The van der Waals surface area contributed by atoms with Gasteiger partial charge in [0.25, 0.3) is 5.95 Å². The van der Waals surface area contributed by atoms with Crippen LogP contribution < -0.4 is 4.90 Å². The van der Waals surface area contributed by atoms with E-state index in [9.17, 15) is 13.2 Å². The normalized spacial score (nSPS) is 10.7. The van der Waals surface area contributed by atoms with E-state index in [1.54, 1.807) is 13.0 Å². The maximum Gasteiger partial charge on any atom is 0.251 e. The fourth-order valence-electron chi connectivity index (χ4n) is 1.61. The molecule has 6 heteroatoms. The third-order valence-corrected chi connectivity index (χ3v) is 2.60. The maximum absolute atomic E-state index is 13.5. The number of rotatable bonds is 3. The van der Waals surface area contributed by atoms with E-state index in [0.29, 0.717) is 11.8 Å². The molecule has 0 aliphatic rings. The zero-order chi connectivity index (χ0) is 13.3. The van der Waals surface area contributed by atoms with Crippen LogP contribution in [0, 0.1) is 24.5 Å². The molecule has 96 valence electrons. The predicted octanol–water partition coefficient (Wildman–Crippen LogP) is 3.04. The first-order chi connectivity index (χ1) is 8.49. The molecule has 0 saturated heterocycles. The fraction of sp³-hybridized carbons (Fsp3) is 0.250. The second-order valence-electron chi connectivity index (χ2n) is 3.92. The summed E-state index contributed by atoms with van der Waals surface area (Å²) in [6, 6.07) is 2.21. The second kappa shape index (κ2) is 4.72. The molecule has 18 heavy (non-hydrogen) atoms. The number of hydrogen-bond donors (Lipinski definition) is 0. The Morgan fingerprint density at radius 2 is 2.00 bits per heavy atom. The fourth-order valence-corrected chi connectivity index (χ4v) is 1.61. The van der Waals surface area contributed by atoms with E-state index in [1.807, 2.05) is 0 Å². The number of nitrogens with zero attached hydrogens (tertiary/aromatic N) is 2. The van der Waals surface area contributed by atoms with E-state index < -0.39 is 17.6 Å². The molecule has 3 nitrogen and oxygen atoms in total. The Balaban J connectivity index is 2.26. The highest BCUT2D eigenvalue weighted by molar-refractivity contribution is 5.40. The molecule has 0 fully saturated rings. The Hall–Kier alpha value is -1.98. The van der Waals surface area contributed by atoms with Crippen molar-refractivity contribution < 1.29 is 17.6 Å². The van der Waals surface area contributed by atoms with Crippen molar-refractivity contribution in [3.8, 4) is 0 Å². The zero-order valence-corrected chi connectivity index (χ0v) is 9.88. The van der Waals surface area contributed by atoms with E-state index in [0.717, 1.165) is 5.56 Å². The van der Waals surface area contributed by atoms with Gasteiger partial charge in [-0.05, 0) is 13.0 Å². The Kier molecular flexibility index (Phi) is 3.27. The average molecular weight is 256 g/mol. The Morgan fingerprint density at radius 1 is 1.28 bits per heavy atom. The van der Waals surface area contributed by atoms with Crippen molar-refractivity contribution in [2.45, 2.75) is 13.5 Å². The van der Waals surface area contributed by atoms with Crippen LogP contribution in [0.3, 0.4) is 0 Å². The maximum atomic E-state index is 13.5. The van der Waals surface area contributed by atoms with Gasteiger partial charge in [0.2, 0.25) is 0 Å². The van der Waals surface area contributed by atoms with Crippen molar-refractivity contribution in [3.63, 3.8) is 0 Å². The lowest BCUT2D eigenvalue weighted by Crippen LogP contribution is -2.20. The molecule has 0 bridgehead atoms. The number of aryl methyl sites for hydroxylation is 1. The molecule has 0 N–H and O–H groups in total. The summed E-state index contributed by atoms with van der Waals surface area (Å²) in [5.74, 6) is -3.08. The summed E-state index contributed by atoms with van der Waals surface area (Å²) in [5, 5.41) is 0. The molecule has 0 aliphatic heterocycles. The van der Waals surface area contributed by atoms with Crippen LogP contribution in [0.1, 0.15) is 11.3 Å². The summed E-state index contributed by atoms with van der Waals surface area (Å²) < 4.78 is 44.3. The van der Waals surface area contributed by atoms with Crippen LogP contribution in [0.5, 0.6) is 0 Å². The summed E-state index contributed by atoms with van der Waals surface area (Å²) in [4.78, 5) is 4.65. The van der Waals surface area contributed by atoms with Crippen LogP contribution in [0.2, 0.25) is 0 Å². The van der Waals surface area contributed by atoms with Crippen molar-refractivity contribution in [1.29, 1.82) is 0 Å². The van der Waals surface area contributed by atoms with Gasteiger partial charge in [0, 0.05) is 25.2 Å². The van der Waals surface area contributed by atoms with Gasteiger partial charge in [0.1, 0.15) is 5.76 Å². The molecule has 2 rings (SSSR count). The first kappa shape index (κ1) is 12.5. The van der Waals surface area contributed by atoms with Gasteiger partial charge < -0.3 is 9.32 Å². The molecule has 2 heterocycles. The van der Waals surface area contributed by atoms with Crippen molar-refractivity contribution in [1.82, 2.24) is 4.98 Å². The van der Waals surface area contributed by atoms with Crippen LogP contribution in [0.15, 0.2) is 22.8 Å². The molecule has 0 spiro atoms. The largest absolute Gasteiger partial charge is 0.469 e. The van der Waals surface area contributed by atoms with Gasteiger partial charge in [0.05, 0.1) is 6.26 Å². The van der Waals surface area contributed by atoms with Gasteiger partial charge in [-0.15, -0.1) is 0 Å². The van der Waals surface area contributed by atoms with Crippen LogP contribution in [-0.4, -0.2) is 12.0 Å². The van der Waals surface area contributed by atoms with E-state index >= 15 is 0 Å². The summed E-state index contributed by atoms with van der Waals surface area (Å²) in [7, 11) is 1.54. The van der Waals surface area contributed by atoms with Gasteiger partial charge in [-0.25, -0.2) is 8.78 Å². The average Bonchev–Trinajstić information content (AvgIpc) is 2.69. The Morgan fingerprint density at radius 3 is 2.61 bits per heavy atom. The van der Waals surface area contributed by atoms with E-state index in [4.69, 9.17) is 4.42 Å². The second-order valence-corrected chi connectivity index (χ2v) is 3.92. The van der Waals surface area contributed by atoms with Gasteiger partial charge in [0.15, 0.2) is 17.5 Å². The number of anilines is 1. The lowest BCUT2D eigenvalue weighted by molar-refractivity contribution is 0.463. The van der Waals surface area contributed by atoms with Crippen molar-refractivity contribution in [2.24, 2.45) is 0 Å². The quantitative estimate of drug-likeness (QED) is 0.790. The number of furan rings is 1. The molecule has 0 radical (unpaired) electrons. The molecule has 0 aromatic carbocycles. The van der Waals surface area contributed by atoms with Crippen LogP contribution >= 0.6 is 0 Å². The zero-order valence-electron chi connectivity index (χ0n) is 9.88. The van der Waals surface area contributed by atoms with E-state index in [-0.39, 0.29) is 12.4 Å². The summed E-state index contributed by atoms with van der Waals surface area (Å²) in [6.45, 7) is 2.05. The molecule has 0 unspecified atom stereocenters. The summed E-state index contributed by atoms with van der Waals surface area (Å²) >= 11 is 0. The molecule has 0 amide bonds. The highest BCUT2D eigenvalue weighted by atomic mass is 19.2. The lowest BCUT2D eigenvalue weighted by atomic mass is 10.2. The number of hydrogen-bond acceptors (Lipinski definition) is 3. The number of aromatic nitrogens is 1. The van der Waals surface area contributed by atoms with Gasteiger partial charge in [-0.1, -0.05) is 0 Å². The van der Waals surface area contributed by atoms with Crippen LogP contribution in [-0.2, 0) is 6.54 Å². The monoisotopic (exact) mass is 256 g/mol. The molecule has 0 aliphatic carbocycles. The first-order valence-electron chi connectivity index (χ1n) is 5.24. The standard InChI is InChI=1S/C12H11F3N2O/c1-7-8(3-4-18-7)6-17(2)12-10(14)5-9(13)11(15)16-12/h3-5H,6H2,1-2H3. The van der Waals surface area contributed by atoms with E-state index in [2.05, 4.69) is 4.98 Å². The Labute approximate surface area is 102 Å². The minimum Gasteiger partial charge on any atom is -0.469 e. The predicted molar refractivity (Wildman–Crippen MR) is 59.7 cm³/mol. The molecular weight excluding hydrogens is 245 g/mol. The van der Waals surface area contributed by atoms with Crippen molar-refractivity contribution in [2.75, 3.05) is 11.9 Å². The van der Waals surface area contributed by atoms with Gasteiger partial charge in [-0.3, -0.25) is 0 Å². The lowest BCUT2D eigenvalue weighted by Gasteiger charge is -2.18.